The first-order chi connectivity index (χ1) is 27.7. The van der Waals surface area contributed by atoms with Gasteiger partial charge in [0.2, 0.25) is 5.91 Å². The van der Waals surface area contributed by atoms with Crippen LogP contribution in [-0.4, -0.2) is 34.9 Å². The maximum absolute atomic E-state index is 12.4. The number of carbonyl (C=O) groups is 1. The summed E-state index contributed by atoms with van der Waals surface area (Å²) in [7, 11) is 0. The van der Waals surface area contributed by atoms with Crippen LogP contribution in [-0.2, 0) is 4.79 Å². The zero-order valence-corrected chi connectivity index (χ0v) is 37.4. The lowest BCUT2D eigenvalue weighted by atomic mass is 10.0. The molecule has 0 aliphatic heterocycles. The molecule has 0 aliphatic carbocycles. The van der Waals surface area contributed by atoms with E-state index in [1.165, 1.54) is 173 Å². The van der Waals surface area contributed by atoms with E-state index in [0.717, 1.165) is 51.4 Å². The van der Waals surface area contributed by atoms with Gasteiger partial charge in [0, 0.05) is 6.42 Å². The second kappa shape index (κ2) is 47.5. The predicted molar refractivity (Wildman–Crippen MR) is 248 cm³/mol. The van der Waals surface area contributed by atoms with Gasteiger partial charge in [0.15, 0.2) is 0 Å². The molecule has 0 aromatic rings. The Hall–Kier alpha value is -1.91. The zero-order chi connectivity index (χ0) is 40.7. The van der Waals surface area contributed by atoms with Gasteiger partial charge in [0.25, 0.3) is 0 Å². The third-order valence-electron chi connectivity index (χ3n) is 11.0. The van der Waals surface area contributed by atoms with Crippen LogP contribution in [0.1, 0.15) is 245 Å². The van der Waals surface area contributed by atoms with Crippen molar-refractivity contribution in [1.82, 2.24) is 5.32 Å². The Morgan fingerprint density at radius 3 is 1.18 bits per heavy atom. The molecular weight excluding hydrogens is 687 g/mol. The van der Waals surface area contributed by atoms with Gasteiger partial charge in [0.1, 0.15) is 0 Å². The van der Waals surface area contributed by atoms with Crippen molar-refractivity contribution in [2.45, 2.75) is 257 Å². The summed E-state index contributed by atoms with van der Waals surface area (Å²) in [5, 5.41) is 23.1. The largest absolute Gasteiger partial charge is 0.394 e. The number of nitrogens with one attached hydrogen (secondary N) is 1. The topological polar surface area (TPSA) is 69.6 Å². The Morgan fingerprint density at radius 1 is 0.446 bits per heavy atom. The van der Waals surface area contributed by atoms with Crippen LogP contribution in [0.25, 0.3) is 0 Å². The van der Waals surface area contributed by atoms with Crippen molar-refractivity contribution in [3.05, 3.63) is 60.8 Å². The number of hydrogen-bond acceptors (Lipinski definition) is 3. The summed E-state index contributed by atoms with van der Waals surface area (Å²) in [6.45, 7) is 4.20. The number of rotatable bonds is 44. The smallest absolute Gasteiger partial charge is 0.220 e. The minimum atomic E-state index is -0.839. The van der Waals surface area contributed by atoms with Gasteiger partial charge in [0.05, 0.1) is 18.8 Å². The monoisotopic (exact) mass is 782 g/mol. The molecule has 2 unspecified atom stereocenters. The van der Waals surface area contributed by atoms with Gasteiger partial charge >= 0.3 is 0 Å². The summed E-state index contributed by atoms with van der Waals surface area (Å²) < 4.78 is 0. The minimum absolute atomic E-state index is 0.0642. The van der Waals surface area contributed by atoms with Gasteiger partial charge < -0.3 is 15.5 Å². The van der Waals surface area contributed by atoms with Crippen LogP contribution < -0.4 is 5.32 Å². The van der Waals surface area contributed by atoms with Gasteiger partial charge in [-0.3, -0.25) is 4.79 Å². The van der Waals surface area contributed by atoms with E-state index in [1.54, 1.807) is 6.08 Å². The number of amides is 1. The van der Waals surface area contributed by atoms with E-state index in [9.17, 15) is 15.0 Å². The molecule has 2 atom stereocenters. The summed E-state index contributed by atoms with van der Waals surface area (Å²) in [5.74, 6) is -0.0642. The van der Waals surface area contributed by atoms with Gasteiger partial charge in [-0.05, 0) is 57.8 Å². The van der Waals surface area contributed by atoms with Crippen LogP contribution in [0, 0.1) is 0 Å². The van der Waals surface area contributed by atoms with Gasteiger partial charge in [-0.15, -0.1) is 0 Å². The van der Waals surface area contributed by atoms with E-state index in [0.29, 0.717) is 6.42 Å². The Balaban J connectivity index is 3.50. The number of carbonyl (C=O) groups excluding carboxylic acids is 1. The van der Waals surface area contributed by atoms with E-state index < -0.39 is 12.1 Å². The van der Waals surface area contributed by atoms with E-state index >= 15 is 0 Å². The summed E-state index contributed by atoms with van der Waals surface area (Å²) >= 11 is 0. The lowest BCUT2D eigenvalue weighted by molar-refractivity contribution is -0.123. The maximum atomic E-state index is 12.4. The molecule has 0 saturated heterocycles. The standard InChI is InChI=1S/C52H95NO3/c1-3-5-7-9-11-13-15-17-19-20-21-22-23-24-25-26-27-28-29-30-31-32-34-36-38-40-42-44-46-48-52(56)53-50(49-54)51(55)47-45-43-41-39-37-35-33-18-16-14-12-10-8-6-4-2/h5,7,11,13,17,19,21-22,45,47,50-51,54-55H,3-4,6,8-10,12,14-16,18,20,23-44,46,48-49H2,1-2H3,(H,53,56)/b7-5-,13-11-,19-17-,22-21-,47-45+. The van der Waals surface area contributed by atoms with Crippen molar-refractivity contribution in [3.63, 3.8) is 0 Å². The Labute approximate surface area is 349 Å². The molecule has 326 valence electrons. The fraction of sp³-hybridized carbons (Fsp3) is 0.788. The Bertz CT molecular complexity index is 934. The second-order valence-electron chi connectivity index (χ2n) is 16.5. The molecule has 1 amide bonds. The van der Waals surface area contributed by atoms with Crippen LogP contribution in [0.5, 0.6) is 0 Å². The highest BCUT2D eigenvalue weighted by Crippen LogP contribution is 2.16. The molecule has 4 nitrogen and oxygen atoms in total. The second-order valence-corrected chi connectivity index (χ2v) is 16.5. The highest BCUT2D eigenvalue weighted by atomic mass is 16.3. The van der Waals surface area contributed by atoms with Crippen LogP contribution >= 0.6 is 0 Å². The third-order valence-corrected chi connectivity index (χ3v) is 11.0. The molecule has 3 N–H and O–H groups in total. The first-order valence-electron chi connectivity index (χ1n) is 24.5. The molecule has 0 heterocycles. The Kier molecular flexibility index (Phi) is 45.8. The van der Waals surface area contributed by atoms with Crippen molar-refractivity contribution in [1.29, 1.82) is 0 Å². The number of aliphatic hydroxyl groups excluding tert-OH is 2. The summed E-state index contributed by atoms with van der Waals surface area (Å²) in [6.07, 6.45) is 66.3. The third kappa shape index (κ3) is 43.2. The molecule has 0 saturated carbocycles. The molecule has 0 fully saturated rings. The van der Waals surface area contributed by atoms with E-state index in [4.69, 9.17) is 0 Å². The highest BCUT2D eigenvalue weighted by Gasteiger charge is 2.18. The molecular formula is C52H95NO3. The molecule has 0 rings (SSSR count). The average Bonchev–Trinajstić information content (AvgIpc) is 3.20. The van der Waals surface area contributed by atoms with Crippen molar-refractivity contribution < 1.29 is 15.0 Å². The van der Waals surface area contributed by atoms with Crippen LogP contribution in [0.15, 0.2) is 60.8 Å². The van der Waals surface area contributed by atoms with Crippen LogP contribution in [0.3, 0.4) is 0 Å². The SMILES string of the molecule is CC/C=C\C/C=C\C/C=C\C/C=C\CCCCCCCCCCCCCCCCCCC(=O)NC(CO)C(O)/C=C/CCCCCCCCCCCCCCC. The molecule has 0 spiro atoms. The highest BCUT2D eigenvalue weighted by molar-refractivity contribution is 5.76. The Morgan fingerprint density at radius 2 is 0.786 bits per heavy atom. The number of hydrogen-bond donors (Lipinski definition) is 3. The number of aliphatic hydroxyl groups is 2. The predicted octanol–water partition coefficient (Wildman–Crippen LogP) is 15.7. The lowest BCUT2D eigenvalue weighted by Gasteiger charge is -2.20. The zero-order valence-electron chi connectivity index (χ0n) is 37.4. The summed E-state index contributed by atoms with van der Waals surface area (Å²) in [6, 6.07) is -0.622. The van der Waals surface area contributed by atoms with Gasteiger partial charge in [-0.2, -0.15) is 0 Å². The first-order valence-corrected chi connectivity index (χ1v) is 24.5. The molecule has 4 heteroatoms. The maximum Gasteiger partial charge on any atom is 0.220 e. The lowest BCUT2D eigenvalue weighted by Crippen LogP contribution is -2.45. The molecule has 0 aliphatic rings. The number of allylic oxidation sites excluding steroid dienone is 9. The molecule has 0 aromatic carbocycles. The van der Waals surface area contributed by atoms with Crippen LogP contribution in [0.2, 0.25) is 0 Å². The fourth-order valence-electron chi connectivity index (χ4n) is 7.29. The summed E-state index contributed by atoms with van der Waals surface area (Å²) in [5.41, 5.74) is 0. The van der Waals surface area contributed by atoms with Crippen molar-refractivity contribution >= 4 is 5.91 Å². The van der Waals surface area contributed by atoms with Gasteiger partial charge in [-0.1, -0.05) is 242 Å². The minimum Gasteiger partial charge on any atom is -0.394 e. The molecule has 0 radical (unpaired) electrons. The van der Waals surface area contributed by atoms with Gasteiger partial charge in [-0.25, -0.2) is 0 Å². The molecule has 0 aromatic heterocycles. The normalized spacial score (nSPS) is 13.4. The fourth-order valence-corrected chi connectivity index (χ4v) is 7.29. The first kappa shape index (κ1) is 54.1. The molecule has 56 heavy (non-hydrogen) atoms. The van der Waals surface area contributed by atoms with Crippen molar-refractivity contribution in [2.24, 2.45) is 0 Å². The van der Waals surface area contributed by atoms with E-state index in [2.05, 4.69) is 67.8 Å². The number of unbranched alkanes of at least 4 members (excludes halogenated alkanes) is 29. The quantitative estimate of drug-likeness (QED) is 0.0426. The van der Waals surface area contributed by atoms with Crippen molar-refractivity contribution in [2.75, 3.05) is 6.61 Å². The summed E-state index contributed by atoms with van der Waals surface area (Å²) in [4.78, 5) is 12.4. The van der Waals surface area contributed by atoms with Crippen molar-refractivity contribution in [3.8, 4) is 0 Å². The molecule has 0 bridgehead atoms. The van der Waals surface area contributed by atoms with Crippen LogP contribution in [0.4, 0.5) is 0 Å². The average molecular weight is 782 g/mol. The van der Waals surface area contributed by atoms with E-state index in [-0.39, 0.29) is 12.5 Å². The van der Waals surface area contributed by atoms with E-state index in [1.807, 2.05) is 6.08 Å².